The van der Waals surface area contributed by atoms with Crippen LogP contribution in [0.4, 0.5) is 5.69 Å². The van der Waals surface area contributed by atoms with Crippen molar-refractivity contribution in [2.24, 2.45) is 0 Å². The summed E-state index contributed by atoms with van der Waals surface area (Å²) in [5.74, 6) is 0.847. The third kappa shape index (κ3) is 4.00. The normalized spacial score (nSPS) is 12.5. The van der Waals surface area contributed by atoms with E-state index < -0.39 is 0 Å². The number of benzene rings is 1. The first kappa shape index (κ1) is 10.9. The molecule has 0 aromatic heterocycles. The molecule has 0 saturated heterocycles. The zero-order chi connectivity index (χ0) is 9.68. The average molecular weight is 309 g/mol. The fourth-order valence-electron chi connectivity index (χ4n) is 0.795. The van der Waals surface area contributed by atoms with Gasteiger partial charge in [0.25, 0.3) is 0 Å². The molecule has 13 heavy (non-hydrogen) atoms. The minimum atomic E-state index is 0.338. The molecule has 0 aliphatic carbocycles. The number of anilines is 1. The minimum Gasteiger partial charge on any atom is -0.492 e. The highest BCUT2D eigenvalue weighted by atomic mass is 79.9. The van der Waals surface area contributed by atoms with Crippen molar-refractivity contribution in [2.75, 3.05) is 17.7 Å². The molecule has 0 saturated carbocycles. The summed E-state index contributed by atoms with van der Waals surface area (Å²) in [6.07, 6.45) is 0. The number of hydrogen-bond donors (Lipinski definition) is 1. The van der Waals surface area contributed by atoms with E-state index in [0.29, 0.717) is 11.4 Å². The highest BCUT2D eigenvalue weighted by molar-refractivity contribution is 9.12. The van der Waals surface area contributed by atoms with Crippen LogP contribution in [0.15, 0.2) is 24.3 Å². The lowest BCUT2D eigenvalue weighted by molar-refractivity contribution is 0.325. The van der Waals surface area contributed by atoms with Crippen LogP contribution in [0.25, 0.3) is 0 Å². The Balaban J connectivity index is 2.41. The first-order chi connectivity index (χ1) is 6.22. The molecule has 1 aromatic carbocycles. The number of nitrogen functional groups attached to an aromatic ring is 1. The van der Waals surface area contributed by atoms with Crippen molar-refractivity contribution in [2.45, 2.75) is 4.83 Å². The van der Waals surface area contributed by atoms with Crippen LogP contribution in [0.3, 0.4) is 0 Å². The van der Waals surface area contributed by atoms with Crippen LogP contribution < -0.4 is 10.5 Å². The van der Waals surface area contributed by atoms with Crippen molar-refractivity contribution < 1.29 is 4.74 Å². The van der Waals surface area contributed by atoms with Gasteiger partial charge in [-0.1, -0.05) is 31.9 Å². The molecule has 0 aliphatic heterocycles. The topological polar surface area (TPSA) is 35.2 Å². The molecular formula is C9H11Br2NO. The Morgan fingerprint density at radius 1 is 1.31 bits per heavy atom. The van der Waals surface area contributed by atoms with Gasteiger partial charge in [-0.05, 0) is 24.3 Å². The summed E-state index contributed by atoms with van der Waals surface area (Å²) in [6.45, 7) is 0.648. The summed E-state index contributed by atoms with van der Waals surface area (Å²) >= 11 is 6.81. The van der Waals surface area contributed by atoms with E-state index in [0.717, 1.165) is 16.8 Å². The summed E-state index contributed by atoms with van der Waals surface area (Å²) in [6, 6.07) is 7.38. The van der Waals surface area contributed by atoms with Crippen molar-refractivity contribution >= 4 is 37.5 Å². The standard InChI is InChI=1S/C9H11Br2NO/c10-5-7(11)6-13-9-3-1-8(12)2-4-9/h1-4,7H,5-6,12H2. The van der Waals surface area contributed by atoms with Gasteiger partial charge in [0.1, 0.15) is 12.4 Å². The molecule has 4 heteroatoms. The Bertz CT molecular complexity index is 250. The van der Waals surface area contributed by atoms with E-state index in [1.165, 1.54) is 0 Å². The number of ether oxygens (including phenoxy) is 1. The van der Waals surface area contributed by atoms with Gasteiger partial charge < -0.3 is 10.5 Å². The summed E-state index contributed by atoms with van der Waals surface area (Å²) in [5.41, 5.74) is 6.29. The first-order valence-corrected chi connectivity index (χ1v) is 5.94. The van der Waals surface area contributed by atoms with Crippen molar-refractivity contribution in [3.05, 3.63) is 24.3 Å². The Kier molecular flexibility index (Phi) is 4.59. The second kappa shape index (κ2) is 5.50. The fraction of sp³-hybridized carbons (Fsp3) is 0.333. The number of alkyl halides is 2. The smallest absolute Gasteiger partial charge is 0.119 e. The molecule has 1 rings (SSSR count). The second-order valence-corrected chi connectivity index (χ2v) is 4.57. The van der Waals surface area contributed by atoms with Crippen molar-refractivity contribution in [3.63, 3.8) is 0 Å². The molecule has 2 nitrogen and oxygen atoms in total. The lowest BCUT2D eigenvalue weighted by atomic mass is 10.3. The molecule has 0 radical (unpaired) electrons. The van der Waals surface area contributed by atoms with E-state index in [-0.39, 0.29) is 0 Å². The number of halogens is 2. The van der Waals surface area contributed by atoms with Gasteiger partial charge in [0, 0.05) is 11.0 Å². The third-order valence-electron chi connectivity index (χ3n) is 1.48. The molecule has 0 heterocycles. The summed E-state index contributed by atoms with van der Waals surface area (Å²) in [4.78, 5) is 0.338. The molecule has 72 valence electrons. The predicted octanol–water partition coefficient (Wildman–Crippen LogP) is 2.81. The summed E-state index contributed by atoms with van der Waals surface area (Å²) in [7, 11) is 0. The molecular weight excluding hydrogens is 298 g/mol. The molecule has 0 amide bonds. The first-order valence-electron chi connectivity index (χ1n) is 3.90. The van der Waals surface area contributed by atoms with E-state index >= 15 is 0 Å². The van der Waals surface area contributed by atoms with Crippen molar-refractivity contribution in [1.29, 1.82) is 0 Å². The highest BCUT2D eigenvalue weighted by Gasteiger charge is 2.02. The minimum absolute atomic E-state index is 0.338. The molecule has 1 aromatic rings. The zero-order valence-corrected chi connectivity index (χ0v) is 10.2. The van der Waals surface area contributed by atoms with E-state index in [1.807, 2.05) is 24.3 Å². The van der Waals surface area contributed by atoms with Gasteiger partial charge in [-0.25, -0.2) is 0 Å². The number of rotatable bonds is 4. The summed E-state index contributed by atoms with van der Waals surface area (Å²) in [5, 5.41) is 0.877. The molecule has 1 unspecified atom stereocenters. The maximum atomic E-state index is 5.54. The number of nitrogens with two attached hydrogens (primary N) is 1. The molecule has 1 atom stereocenters. The Hall–Kier alpha value is -0.220. The van der Waals surface area contributed by atoms with E-state index in [4.69, 9.17) is 10.5 Å². The molecule has 0 aliphatic rings. The van der Waals surface area contributed by atoms with Gasteiger partial charge in [0.15, 0.2) is 0 Å². The lowest BCUT2D eigenvalue weighted by Crippen LogP contribution is -2.12. The second-order valence-electron chi connectivity index (χ2n) is 2.63. The highest BCUT2D eigenvalue weighted by Crippen LogP contribution is 2.14. The monoisotopic (exact) mass is 307 g/mol. The SMILES string of the molecule is Nc1ccc(OCC(Br)CBr)cc1. The Morgan fingerprint density at radius 2 is 1.92 bits per heavy atom. The van der Waals surface area contributed by atoms with E-state index in [1.54, 1.807) is 0 Å². The van der Waals surface area contributed by atoms with Crippen LogP contribution in [0.2, 0.25) is 0 Å². The van der Waals surface area contributed by atoms with Crippen LogP contribution in [-0.2, 0) is 0 Å². The maximum absolute atomic E-state index is 5.54. The Labute approximate surface area is 94.7 Å². The van der Waals surface area contributed by atoms with Crippen LogP contribution >= 0.6 is 31.9 Å². The lowest BCUT2D eigenvalue weighted by Gasteiger charge is -2.08. The maximum Gasteiger partial charge on any atom is 0.119 e. The van der Waals surface area contributed by atoms with Gasteiger partial charge in [-0.2, -0.15) is 0 Å². The molecule has 0 fully saturated rings. The van der Waals surface area contributed by atoms with Gasteiger partial charge in [-0.3, -0.25) is 0 Å². The van der Waals surface area contributed by atoms with E-state index in [9.17, 15) is 0 Å². The van der Waals surface area contributed by atoms with Crippen LogP contribution in [0, 0.1) is 0 Å². The molecule has 0 spiro atoms. The van der Waals surface area contributed by atoms with Gasteiger partial charge in [-0.15, -0.1) is 0 Å². The van der Waals surface area contributed by atoms with Crippen LogP contribution in [0.1, 0.15) is 0 Å². The quantitative estimate of drug-likeness (QED) is 0.686. The predicted molar refractivity (Wildman–Crippen MR) is 62.9 cm³/mol. The van der Waals surface area contributed by atoms with Crippen LogP contribution in [-0.4, -0.2) is 16.8 Å². The van der Waals surface area contributed by atoms with E-state index in [2.05, 4.69) is 31.9 Å². The van der Waals surface area contributed by atoms with Gasteiger partial charge >= 0.3 is 0 Å². The average Bonchev–Trinajstić information content (AvgIpc) is 2.16. The summed E-state index contributed by atoms with van der Waals surface area (Å²) < 4.78 is 5.48. The van der Waals surface area contributed by atoms with Gasteiger partial charge in [0.2, 0.25) is 0 Å². The van der Waals surface area contributed by atoms with Gasteiger partial charge in [0.05, 0.1) is 4.83 Å². The molecule has 2 N–H and O–H groups in total. The zero-order valence-electron chi connectivity index (χ0n) is 7.04. The van der Waals surface area contributed by atoms with Crippen molar-refractivity contribution in [1.82, 2.24) is 0 Å². The Morgan fingerprint density at radius 3 is 2.46 bits per heavy atom. The van der Waals surface area contributed by atoms with Crippen LogP contribution in [0.5, 0.6) is 5.75 Å². The molecule has 0 bridgehead atoms. The third-order valence-corrected chi connectivity index (χ3v) is 3.72. The number of hydrogen-bond acceptors (Lipinski definition) is 2. The van der Waals surface area contributed by atoms with Crippen molar-refractivity contribution in [3.8, 4) is 5.75 Å². The fourth-order valence-corrected chi connectivity index (χ4v) is 1.11. The largest absolute Gasteiger partial charge is 0.492 e.